The molecule has 5 nitrogen and oxygen atoms in total. The molecule has 1 aromatic heterocycles. The zero-order chi connectivity index (χ0) is 15.4. The SMILES string of the molecule is CCC(Nc1ccc(C(C)=O)cc1[N+](=O)[O-])c1cccs1. The third kappa shape index (κ3) is 3.46. The smallest absolute Gasteiger partial charge is 0.293 e. The minimum absolute atomic E-state index is 0.0203. The van der Waals surface area contributed by atoms with Gasteiger partial charge in [0.2, 0.25) is 0 Å². The van der Waals surface area contributed by atoms with E-state index in [1.54, 1.807) is 23.5 Å². The largest absolute Gasteiger partial charge is 0.372 e. The quantitative estimate of drug-likeness (QED) is 0.487. The molecule has 0 amide bonds. The Hall–Kier alpha value is -2.21. The lowest BCUT2D eigenvalue weighted by Gasteiger charge is -2.17. The first kappa shape index (κ1) is 15.2. The number of anilines is 1. The molecule has 1 N–H and O–H groups in total. The number of ketones is 1. The van der Waals surface area contributed by atoms with Crippen LogP contribution in [0.15, 0.2) is 35.7 Å². The molecule has 110 valence electrons. The number of nitrogens with zero attached hydrogens (tertiary/aromatic N) is 1. The minimum Gasteiger partial charge on any atom is -0.372 e. The molecule has 0 radical (unpaired) electrons. The number of Topliss-reactive ketones (excluding diaryl/α,β-unsaturated/α-hetero) is 1. The van der Waals surface area contributed by atoms with Gasteiger partial charge in [0.05, 0.1) is 11.0 Å². The third-order valence-electron chi connectivity index (χ3n) is 3.23. The lowest BCUT2D eigenvalue weighted by Crippen LogP contribution is -2.10. The van der Waals surface area contributed by atoms with E-state index >= 15 is 0 Å². The lowest BCUT2D eigenvalue weighted by atomic mass is 10.1. The van der Waals surface area contributed by atoms with Gasteiger partial charge in [-0.1, -0.05) is 13.0 Å². The second kappa shape index (κ2) is 6.49. The summed E-state index contributed by atoms with van der Waals surface area (Å²) in [6.07, 6.45) is 0.812. The fourth-order valence-corrected chi connectivity index (χ4v) is 2.94. The van der Waals surface area contributed by atoms with E-state index in [-0.39, 0.29) is 17.5 Å². The summed E-state index contributed by atoms with van der Waals surface area (Å²) in [5.41, 5.74) is 0.708. The van der Waals surface area contributed by atoms with Gasteiger partial charge < -0.3 is 5.32 Å². The molecule has 0 fully saturated rings. The van der Waals surface area contributed by atoms with E-state index in [1.807, 2.05) is 24.4 Å². The molecule has 1 atom stereocenters. The first-order valence-electron chi connectivity index (χ1n) is 6.62. The maximum atomic E-state index is 11.4. The van der Waals surface area contributed by atoms with Gasteiger partial charge in [0.1, 0.15) is 5.69 Å². The number of nitro groups is 1. The Labute approximate surface area is 126 Å². The normalized spacial score (nSPS) is 11.9. The van der Waals surface area contributed by atoms with E-state index in [0.717, 1.165) is 11.3 Å². The Bertz CT molecular complexity index is 653. The second-order valence-electron chi connectivity index (χ2n) is 4.67. The van der Waals surface area contributed by atoms with Gasteiger partial charge in [-0.15, -0.1) is 11.3 Å². The van der Waals surface area contributed by atoms with Gasteiger partial charge in [0.15, 0.2) is 5.78 Å². The molecule has 1 heterocycles. The Morgan fingerprint density at radius 3 is 2.71 bits per heavy atom. The molecule has 1 unspecified atom stereocenters. The number of hydrogen-bond donors (Lipinski definition) is 1. The molecule has 0 spiro atoms. The van der Waals surface area contributed by atoms with Gasteiger partial charge in [0, 0.05) is 16.5 Å². The highest BCUT2D eigenvalue weighted by Crippen LogP contribution is 2.32. The van der Waals surface area contributed by atoms with Crippen molar-refractivity contribution in [3.05, 3.63) is 56.3 Å². The van der Waals surface area contributed by atoms with E-state index in [0.29, 0.717) is 11.3 Å². The van der Waals surface area contributed by atoms with Crippen molar-refractivity contribution in [2.45, 2.75) is 26.3 Å². The van der Waals surface area contributed by atoms with Crippen LogP contribution in [0.2, 0.25) is 0 Å². The maximum Gasteiger partial charge on any atom is 0.293 e. The summed E-state index contributed by atoms with van der Waals surface area (Å²) in [6, 6.07) is 8.52. The molecule has 0 aliphatic carbocycles. The van der Waals surface area contributed by atoms with Gasteiger partial charge in [-0.2, -0.15) is 0 Å². The number of thiophene rings is 1. The molecule has 1 aromatic carbocycles. The summed E-state index contributed by atoms with van der Waals surface area (Å²) in [5, 5.41) is 16.4. The number of carbonyl (C=O) groups is 1. The fraction of sp³-hybridized carbons (Fsp3) is 0.267. The van der Waals surface area contributed by atoms with E-state index < -0.39 is 4.92 Å². The van der Waals surface area contributed by atoms with Crippen LogP contribution in [0.5, 0.6) is 0 Å². The third-order valence-corrected chi connectivity index (χ3v) is 4.21. The van der Waals surface area contributed by atoms with Gasteiger partial charge in [-0.25, -0.2) is 0 Å². The van der Waals surface area contributed by atoms with Crippen molar-refractivity contribution in [3.63, 3.8) is 0 Å². The van der Waals surface area contributed by atoms with E-state index in [1.165, 1.54) is 13.0 Å². The topological polar surface area (TPSA) is 72.2 Å². The Balaban J connectivity index is 2.34. The number of nitro benzene ring substituents is 1. The number of rotatable bonds is 6. The molecule has 0 aliphatic rings. The predicted octanol–water partition coefficient (Wildman–Crippen LogP) is 4.42. The maximum absolute atomic E-state index is 11.4. The molecule has 6 heteroatoms. The molecule has 0 aliphatic heterocycles. The molecule has 0 saturated carbocycles. The monoisotopic (exact) mass is 304 g/mol. The van der Waals surface area contributed by atoms with Crippen LogP contribution in [0, 0.1) is 10.1 Å². The van der Waals surface area contributed by atoms with Crippen molar-refractivity contribution < 1.29 is 9.72 Å². The first-order valence-corrected chi connectivity index (χ1v) is 7.50. The van der Waals surface area contributed by atoms with E-state index in [2.05, 4.69) is 5.32 Å². The summed E-state index contributed by atoms with van der Waals surface area (Å²) < 4.78 is 0. The highest BCUT2D eigenvalue weighted by molar-refractivity contribution is 7.10. The average molecular weight is 304 g/mol. The zero-order valence-electron chi connectivity index (χ0n) is 11.8. The van der Waals surface area contributed by atoms with E-state index in [4.69, 9.17) is 0 Å². The minimum atomic E-state index is -0.462. The van der Waals surface area contributed by atoms with Crippen molar-refractivity contribution in [3.8, 4) is 0 Å². The van der Waals surface area contributed by atoms with Crippen LogP contribution in [0.25, 0.3) is 0 Å². The zero-order valence-corrected chi connectivity index (χ0v) is 12.6. The van der Waals surface area contributed by atoms with Gasteiger partial charge in [0.25, 0.3) is 5.69 Å². The van der Waals surface area contributed by atoms with Crippen LogP contribution >= 0.6 is 11.3 Å². The summed E-state index contributed by atoms with van der Waals surface area (Å²) >= 11 is 1.61. The summed E-state index contributed by atoms with van der Waals surface area (Å²) in [6.45, 7) is 3.42. The van der Waals surface area contributed by atoms with Crippen molar-refractivity contribution in [2.75, 3.05) is 5.32 Å². The van der Waals surface area contributed by atoms with Gasteiger partial charge in [-0.05, 0) is 36.9 Å². The number of hydrogen-bond acceptors (Lipinski definition) is 5. The van der Waals surface area contributed by atoms with Crippen LogP contribution in [0.3, 0.4) is 0 Å². The number of nitrogens with one attached hydrogen (secondary N) is 1. The van der Waals surface area contributed by atoms with Crippen LogP contribution < -0.4 is 5.32 Å². The van der Waals surface area contributed by atoms with Crippen LogP contribution in [-0.4, -0.2) is 10.7 Å². The van der Waals surface area contributed by atoms with Crippen molar-refractivity contribution >= 4 is 28.5 Å². The van der Waals surface area contributed by atoms with Crippen LogP contribution in [0.4, 0.5) is 11.4 Å². The van der Waals surface area contributed by atoms with Crippen molar-refractivity contribution in [1.82, 2.24) is 0 Å². The van der Waals surface area contributed by atoms with Gasteiger partial charge >= 0.3 is 0 Å². The summed E-state index contributed by atoms with van der Waals surface area (Å²) in [4.78, 5) is 23.2. The highest BCUT2D eigenvalue weighted by atomic mass is 32.1. The molecular formula is C15H16N2O3S. The highest BCUT2D eigenvalue weighted by Gasteiger charge is 2.19. The van der Waals surface area contributed by atoms with Gasteiger partial charge in [-0.3, -0.25) is 14.9 Å². The van der Waals surface area contributed by atoms with Crippen molar-refractivity contribution in [1.29, 1.82) is 0 Å². The predicted molar refractivity (Wildman–Crippen MR) is 84.1 cm³/mol. The van der Waals surface area contributed by atoms with Crippen LogP contribution in [0.1, 0.15) is 41.5 Å². The van der Waals surface area contributed by atoms with Crippen LogP contribution in [-0.2, 0) is 0 Å². The molecule has 2 aromatic rings. The standard InChI is InChI=1S/C15H16N2O3S/c1-3-12(15-5-4-8-21-15)16-13-7-6-11(10(2)18)9-14(13)17(19)20/h4-9,12,16H,3H2,1-2H3. The number of carbonyl (C=O) groups excluding carboxylic acids is 1. The average Bonchev–Trinajstić information content (AvgIpc) is 2.98. The summed E-state index contributed by atoms with van der Waals surface area (Å²) in [7, 11) is 0. The Morgan fingerprint density at radius 1 is 1.43 bits per heavy atom. The lowest BCUT2D eigenvalue weighted by molar-refractivity contribution is -0.384. The molecular weight excluding hydrogens is 288 g/mol. The Morgan fingerprint density at radius 2 is 2.19 bits per heavy atom. The molecule has 0 saturated heterocycles. The molecule has 0 bridgehead atoms. The number of benzene rings is 1. The Kier molecular flexibility index (Phi) is 4.70. The fourth-order valence-electron chi connectivity index (χ4n) is 2.08. The first-order chi connectivity index (χ1) is 10.0. The van der Waals surface area contributed by atoms with E-state index in [9.17, 15) is 14.9 Å². The summed E-state index contributed by atoms with van der Waals surface area (Å²) in [5.74, 6) is -0.185. The molecule has 2 rings (SSSR count). The van der Waals surface area contributed by atoms with Crippen molar-refractivity contribution in [2.24, 2.45) is 0 Å². The second-order valence-corrected chi connectivity index (χ2v) is 5.65. The molecule has 21 heavy (non-hydrogen) atoms.